The van der Waals surface area contributed by atoms with Gasteiger partial charge >= 0.3 is 0 Å². The molecular weight excluding hydrogens is 322 g/mol. The van der Waals surface area contributed by atoms with Crippen LogP contribution < -0.4 is 14.8 Å². The SMILES string of the molecule is COc1cccc(C(=O)NCC2CCC(Br)C2)c1OC. The minimum Gasteiger partial charge on any atom is -0.493 e. The van der Waals surface area contributed by atoms with Gasteiger partial charge in [-0.3, -0.25) is 4.79 Å². The highest BCUT2D eigenvalue weighted by atomic mass is 79.9. The number of benzene rings is 1. The van der Waals surface area contributed by atoms with Crippen LogP contribution in [0.15, 0.2) is 18.2 Å². The molecule has 1 aromatic rings. The number of halogens is 1. The number of para-hydroxylation sites is 1. The number of alkyl halides is 1. The molecule has 1 aliphatic rings. The summed E-state index contributed by atoms with van der Waals surface area (Å²) in [6.45, 7) is 0.710. The van der Waals surface area contributed by atoms with Crippen LogP contribution in [-0.2, 0) is 0 Å². The molecule has 2 unspecified atom stereocenters. The molecule has 0 heterocycles. The van der Waals surface area contributed by atoms with Crippen molar-refractivity contribution in [3.63, 3.8) is 0 Å². The molecular formula is C15H20BrNO3. The van der Waals surface area contributed by atoms with Crippen molar-refractivity contribution in [2.45, 2.75) is 24.1 Å². The van der Waals surface area contributed by atoms with Crippen LogP contribution in [-0.4, -0.2) is 31.5 Å². The molecule has 2 atom stereocenters. The van der Waals surface area contributed by atoms with Gasteiger partial charge in [0.15, 0.2) is 11.5 Å². The topological polar surface area (TPSA) is 47.6 Å². The quantitative estimate of drug-likeness (QED) is 0.837. The highest BCUT2D eigenvalue weighted by Gasteiger charge is 2.23. The molecule has 0 aromatic heterocycles. The molecule has 1 amide bonds. The largest absolute Gasteiger partial charge is 0.493 e. The minimum atomic E-state index is -0.112. The van der Waals surface area contributed by atoms with E-state index in [1.165, 1.54) is 6.42 Å². The average Bonchev–Trinajstić information content (AvgIpc) is 2.89. The average molecular weight is 342 g/mol. The Balaban J connectivity index is 2.02. The van der Waals surface area contributed by atoms with E-state index < -0.39 is 0 Å². The standard InChI is InChI=1S/C15H20BrNO3/c1-19-13-5-3-4-12(14(13)20-2)15(18)17-9-10-6-7-11(16)8-10/h3-5,10-11H,6-9H2,1-2H3,(H,17,18). The Morgan fingerprint density at radius 1 is 1.35 bits per heavy atom. The third-order valence-corrected chi connectivity index (χ3v) is 4.51. The van der Waals surface area contributed by atoms with E-state index in [2.05, 4.69) is 21.2 Å². The lowest BCUT2D eigenvalue weighted by molar-refractivity contribution is 0.0943. The first kappa shape index (κ1) is 15.2. The first-order chi connectivity index (χ1) is 9.65. The van der Waals surface area contributed by atoms with Crippen molar-refractivity contribution in [3.8, 4) is 11.5 Å². The molecule has 20 heavy (non-hydrogen) atoms. The summed E-state index contributed by atoms with van der Waals surface area (Å²) in [5, 5.41) is 2.99. The summed E-state index contributed by atoms with van der Waals surface area (Å²) in [4.78, 5) is 12.9. The van der Waals surface area contributed by atoms with Crippen molar-refractivity contribution in [1.82, 2.24) is 5.32 Å². The number of hydrogen-bond donors (Lipinski definition) is 1. The summed E-state index contributed by atoms with van der Waals surface area (Å²) in [5.41, 5.74) is 0.514. The van der Waals surface area contributed by atoms with Gasteiger partial charge < -0.3 is 14.8 Å². The lowest BCUT2D eigenvalue weighted by atomic mass is 10.1. The number of nitrogens with one attached hydrogen (secondary N) is 1. The molecule has 4 nitrogen and oxygen atoms in total. The maximum Gasteiger partial charge on any atom is 0.255 e. The van der Waals surface area contributed by atoms with Crippen LogP contribution in [0.25, 0.3) is 0 Å². The van der Waals surface area contributed by atoms with E-state index in [1.807, 2.05) is 0 Å². The van der Waals surface area contributed by atoms with E-state index in [4.69, 9.17) is 9.47 Å². The van der Waals surface area contributed by atoms with Crippen LogP contribution in [0.5, 0.6) is 11.5 Å². The van der Waals surface area contributed by atoms with Gasteiger partial charge in [-0.1, -0.05) is 22.0 Å². The van der Waals surface area contributed by atoms with Crippen LogP contribution in [0, 0.1) is 5.92 Å². The number of methoxy groups -OCH3 is 2. The molecule has 0 aliphatic heterocycles. The monoisotopic (exact) mass is 341 g/mol. The van der Waals surface area contributed by atoms with Crippen molar-refractivity contribution in [3.05, 3.63) is 23.8 Å². The van der Waals surface area contributed by atoms with Gasteiger partial charge in [-0.15, -0.1) is 0 Å². The number of amides is 1. The fourth-order valence-electron chi connectivity index (χ4n) is 2.60. The molecule has 1 aromatic carbocycles. The highest BCUT2D eigenvalue weighted by molar-refractivity contribution is 9.09. The van der Waals surface area contributed by atoms with Gasteiger partial charge in [0.25, 0.3) is 5.91 Å². The Kier molecular flexibility index (Phi) is 5.29. The summed E-state index contributed by atoms with van der Waals surface area (Å²) in [6.07, 6.45) is 3.46. The summed E-state index contributed by atoms with van der Waals surface area (Å²) >= 11 is 3.62. The van der Waals surface area contributed by atoms with Crippen LogP contribution in [0.1, 0.15) is 29.6 Å². The Morgan fingerprint density at radius 3 is 2.75 bits per heavy atom. The molecule has 1 N–H and O–H groups in total. The molecule has 0 saturated heterocycles. The Hall–Kier alpha value is -1.23. The fourth-order valence-corrected chi connectivity index (χ4v) is 3.39. The van der Waals surface area contributed by atoms with Crippen molar-refractivity contribution >= 4 is 21.8 Å². The normalized spacial score (nSPS) is 21.6. The summed E-state index contributed by atoms with van der Waals surface area (Å²) in [7, 11) is 3.11. The zero-order chi connectivity index (χ0) is 14.5. The lowest BCUT2D eigenvalue weighted by Crippen LogP contribution is -2.28. The summed E-state index contributed by atoms with van der Waals surface area (Å²) in [6, 6.07) is 5.32. The van der Waals surface area contributed by atoms with E-state index in [9.17, 15) is 4.79 Å². The van der Waals surface area contributed by atoms with Gasteiger partial charge in [-0.05, 0) is 37.3 Å². The van der Waals surface area contributed by atoms with Gasteiger partial charge in [0.2, 0.25) is 0 Å². The highest BCUT2D eigenvalue weighted by Crippen LogP contribution is 2.32. The second kappa shape index (κ2) is 6.97. The maximum absolute atomic E-state index is 12.3. The molecule has 0 radical (unpaired) electrons. The fraction of sp³-hybridized carbons (Fsp3) is 0.533. The smallest absolute Gasteiger partial charge is 0.255 e. The predicted molar refractivity (Wildman–Crippen MR) is 81.9 cm³/mol. The molecule has 2 rings (SSSR count). The maximum atomic E-state index is 12.3. The number of ether oxygens (including phenoxy) is 2. The second-order valence-electron chi connectivity index (χ2n) is 5.03. The zero-order valence-electron chi connectivity index (χ0n) is 11.8. The van der Waals surface area contributed by atoms with E-state index in [0.717, 1.165) is 12.8 Å². The van der Waals surface area contributed by atoms with E-state index in [1.54, 1.807) is 32.4 Å². The molecule has 110 valence electrons. The predicted octanol–water partition coefficient (Wildman–Crippen LogP) is 3.00. The van der Waals surface area contributed by atoms with Crippen LogP contribution in [0.2, 0.25) is 0 Å². The molecule has 1 fully saturated rings. The van der Waals surface area contributed by atoms with E-state index >= 15 is 0 Å². The zero-order valence-corrected chi connectivity index (χ0v) is 13.4. The van der Waals surface area contributed by atoms with Crippen LogP contribution in [0.4, 0.5) is 0 Å². The van der Waals surface area contributed by atoms with Gasteiger partial charge in [0.1, 0.15) is 0 Å². The molecule has 1 saturated carbocycles. The van der Waals surface area contributed by atoms with Gasteiger partial charge in [-0.25, -0.2) is 0 Å². The Labute approximate surface area is 128 Å². The van der Waals surface area contributed by atoms with Crippen molar-refractivity contribution in [2.24, 2.45) is 5.92 Å². The summed E-state index contributed by atoms with van der Waals surface area (Å²) in [5.74, 6) is 1.50. The Morgan fingerprint density at radius 2 is 2.15 bits per heavy atom. The van der Waals surface area contributed by atoms with Gasteiger partial charge in [-0.2, -0.15) is 0 Å². The minimum absolute atomic E-state index is 0.112. The van der Waals surface area contributed by atoms with Crippen molar-refractivity contribution in [1.29, 1.82) is 0 Å². The first-order valence-corrected chi connectivity index (χ1v) is 7.70. The third-order valence-electron chi connectivity index (χ3n) is 3.68. The Bertz CT molecular complexity index is 478. The van der Waals surface area contributed by atoms with Crippen LogP contribution in [0.3, 0.4) is 0 Å². The number of carbonyl (C=O) groups is 1. The molecule has 1 aliphatic carbocycles. The number of carbonyl (C=O) groups excluding carboxylic acids is 1. The lowest BCUT2D eigenvalue weighted by Gasteiger charge is -2.14. The van der Waals surface area contributed by atoms with Gasteiger partial charge in [0.05, 0.1) is 19.8 Å². The number of hydrogen-bond acceptors (Lipinski definition) is 3. The van der Waals surface area contributed by atoms with E-state index in [0.29, 0.717) is 34.4 Å². The van der Waals surface area contributed by atoms with Crippen molar-refractivity contribution in [2.75, 3.05) is 20.8 Å². The third kappa shape index (κ3) is 3.45. The second-order valence-corrected chi connectivity index (χ2v) is 6.32. The van der Waals surface area contributed by atoms with Gasteiger partial charge in [0, 0.05) is 11.4 Å². The molecule has 5 heteroatoms. The van der Waals surface area contributed by atoms with Crippen molar-refractivity contribution < 1.29 is 14.3 Å². The number of rotatable bonds is 5. The van der Waals surface area contributed by atoms with E-state index in [-0.39, 0.29) is 5.91 Å². The molecule has 0 bridgehead atoms. The van der Waals surface area contributed by atoms with Crippen LogP contribution >= 0.6 is 15.9 Å². The first-order valence-electron chi connectivity index (χ1n) is 6.79. The summed E-state index contributed by atoms with van der Waals surface area (Å²) < 4.78 is 10.5. The molecule has 0 spiro atoms.